The molecule has 1 aromatic heterocycles. The Labute approximate surface area is 117 Å². The van der Waals surface area contributed by atoms with Gasteiger partial charge in [0.25, 0.3) is 0 Å². The van der Waals surface area contributed by atoms with Crippen LogP contribution in [0.2, 0.25) is 0 Å². The number of hydrogen-bond donors (Lipinski definition) is 1. The summed E-state index contributed by atoms with van der Waals surface area (Å²) >= 11 is 0. The Bertz CT molecular complexity index is 622. The molecule has 20 heavy (non-hydrogen) atoms. The molecule has 6 heteroatoms. The summed E-state index contributed by atoms with van der Waals surface area (Å²) < 4.78 is 5.25. The minimum absolute atomic E-state index is 0.0821. The molecule has 1 aromatic carbocycles. The van der Waals surface area contributed by atoms with Gasteiger partial charge in [-0.25, -0.2) is 0 Å². The lowest BCUT2D eigenvalue weighted by Gasteiger charge is -2.19. The first-order valence-electron chi connectivity index (χ1n) is 6.24. The van der Waals surface area contributed by atoms with Crippen molar-refractivity contribution in [2.75, 3.05) is 24.3 Å². The Morgan fingerprint density at radius 1 is 1.40 bits per heavy atom. The lowest BCUT2D eigenvalue weighted by molar-refractivity contribution is -0.383. The average molecular weight is 275 g/mol. The van der Waals surface area contributed by atoms with E-state index in [0.717, 1.165) is 11.3 Å². The van der Waals surface area contributed by atoms with E-state index in [1.807, 2.05) is 24.9 Å². The number of hydrogen-bond acceptors (Lipinski definition) is 5. The van der Waals surface area contributed by atoms with Crippen molar-refractivity contribution in [2.24, 2.45) is 0 Å². The molecule has 0 atom stereocenters. The molecule has 0 aliphatic heterocycles. The number of aryl methyl sites for hydroxylation is 1. The zero-order chi connectivity index (χ0) is 14.7. The molecule has 6 nitrogen and oxygen atoms in total. The van der Waals surface area contributed by atoms with E-state index in [2.05, 4.69) is 5.32 Å². The third kappa shape index (κ3) is 2.59. The first-order valence-corrected chi connectivity index (χ1v) is 6.24. The van der Waals surface area contributed by atoms with E-state index < -0.39 is 0 Å². The van der Waals surface area contributed by atoms with E-state index in [0.29, 0.717) is 17.9 Å². The van der Waals surface area contributed by atoms with E-state index in [-0.39, 0.29) is 10.6 Å². The van der Waals surface area contributed by atoms with Crippen LogP contribution >= 0.6 is 0 Å². The second-order valence-electron chi connectivity index (χ2n) is 4.54. The first kappa shape index (κ1) is 13.9. The number of benzene rings is 1. The molecule has 1 heterocycles. The van der Waals surface area contributed by atoms with Crippen molar-refractivity contribution in [2.45, 2.75) is 13.5 Å². The summed E-state index contributed by atoms with van der Waals surface area (Å²) in [7, 11) is 3.50. The van der Waals surface area contributed by atoms with Gasteiger partial charge in [-0.2, -0.15) is 0 Å². The summed E-state index contributed by atoms with van der Waals surface area (Å²) in [5, 5.41) is 14.2. The molecule has 106 valence electrons. The molecule has 1 N–H and O–H groups in total. The van der Waals surface area contributed by atoms with E-state index >= 15 is 0 Å². The van der Waals surface area contributed by atoms with Gasteiger partial charge < -0.3 is 14.6 Å². The Morgan fingerprint density at radius 3 is 2.70 bits per heavy atom. The Hall–Kier alpha value is -2.50. The summed E-state index contributed by atoms with van der Waals surface area (Å²) in [6.45, 7) is 2.43. The van der Waals surface area contributed by atoms with Crippen LogP contribution in [0.4, 0.5) is 17.1 Å². The number of para-hydroxylation sites is 1. The Kier molecular flexibility index (Phi) is 3.93. The normalized spacial score (nSPS) is 10.3. The smallest absolute Gasteiger partial charge is 0.315 e. The maximum atomic E-state index is 11.3. The predicted molar refractivity (Wildman–Crippen MR) is 78.2 cm³/mol. The van der Waals surface area contributed by atoms with Gasteiger partial charge in [-0.1, -0.05) is 6.07 Å². The van der Waals surface area contributed by atoms with Crippen molar-refractivity contribution < 1.29 is 9.34 Å². The molecular weight excluding hydrogens is 258 g/mol. The zero-order valence-electron chi connectivity index (χ0n) is 11.7. The average Bonchev–Trinajstić information content (AvgIpc) is 2.83. The van der Waals surface area contributed by atoms with Crippen LogP contribution in [0.25, 0.3) is 0 Å². The highest BCUT2D eigenvalue weighted by Gasteiger charge is 2.22. The molecule has 0 aliphatic rings. The zero-order valence-corrected chi connectivity index (χ0v) is 11.7. The summed E-state index contributed by atoms with van der Waals surface area (Å²) in [5.41, 5.74) is 2.17. The van der Waals surface area contributed by atoms with Crippen molar-refractivity contribution in [3.05, 3.63) is 52.0 Å². The van der Waals surface area contributed by atoms with Crippen LogP contribution in [-0.4, -0.2) is 19.0 Å². The number of nitro groups is 1. The van der Waals surface area contributed by atoms with Gasteiger partial charge in [0.2, 0.25) is 0 Å². The van der Waals surface area contributed by atoms with Crippen LogP contribution in [0, 0.1) is 17.0 Å². The number of rotatable bonds is 5. The van der Waals surface area contributed by atoms with Crippen LogP contribution in [0.3, 0.4) is 0 Å². The van der Waals surface area contributed by atoms with Crippen LogP contribution in [0.15, 0.2) is 34.9 Å². The van der Waals surface area contributed by atoms with E-state index in [1.54, 1.807) is 31.5 Å². The molecule has 0 amide bonds. The predicted octanol–water partition coefficient (Wildman–Crippen LogP) is 3.17. The van der Waals surface area contributed by atoms with E-state index in [4.69, 9.17) is 4.42 Å². The molecular formula is C14H17N3O3. The molecule has 2 aromatic rings. The minimum atomic E-state index is -0.361. The summed E-state index contributed by atoms with van der Waals surface area (Å²) in [6, 6.07) is 7.11. The Morgan fingerprint density at radius 2 is 2.15 bits per heavy atom. The van der Waals surface area contributed by atoms with Gasteiger partial charge in [0, 0.05) is 26.2 Å². The van der Waals surface area contributed by atoms with Crippen LogP contribution in [-0.2, 0) is 6.54 Å². The number of furan rings is 1. The fraction of sp³-hybridized carbons (Fsp3) is 0.286. The third-order valence-electron chi connectivity index (χ3n) is 3.25. The standard InChI is InChI=1S/C14H17N3O3/c1-10-11(7-8-20-10)9-16(3)13-6-4-5-12(15-2)14(13)17(18)19/h4-8,15H,9H2,1-3H3. The summed E-state index contributed by atoms with van der Waals surface area (Å²) in [6.07, 6.45) is 1.62. The van der Waals surface area contributed by atoms with Crippen LogP contribution in [0.5, 0.6) is 0 Å². The maximum Gasteiger partial charge on any atom is 0.315 e. The minimum Gasteiger partial charge on any atom is -0.469 e. The molecule has 0 saturated heterocycles. The van der Waals surface area contributed by atoms with E-state index in [9.17, 15) is 10.1 Å². The number of nitrogens with zero attached hydrogens (tertiary/aromatic N) is 2. The van der Waals surface area contributed by atoms with Gasteiger partial charge in [-0.05, 0) is 25.1 Å². The summed E-state index contributed by atoms with van der Waals surface area (Å²) in [4.78, 5) is 12.8. The van der Waals surface area contributed by atoms with Crippen molar-refractivity contribution in [3.8, 4) is 0 Å². The second kappa shape index (κ2) is 5.64. The van der Waals surface area contributed by atoms with Gasteiger partial charge in [0.15, 0.2) is 0 Å². The molecule has 0 spiro atoms. The SMILES string of the molecule is CNc1cccc(N(C)Cc2ccoc2C)c1[N+](=O)[O-]. The van der Waals surface area contributed by atoms with E-state index in [1.165, 1.54) is 0 Å². The molecule has 0 radical (unpaired) electrons. The van der Waals surface area contributed by atoms with Crippen molar-refractivity contribution in [1.29, 1.82) is 0 Å². The molecule has 0 bridgehead atoms. The number of nitro benzene ring substituents is 1. The van der Waals surface area contributed by atoms with Gasteiger partial charge in [-0.3, -0.25) is 10.1 Å². The second-order valence-corrected chi connectivity index (χ2v) is 4.54. The maximum absolute atomic E-state index is 11.3. The van der Waals surface area contributed by atoms with Gasteiger partial charge in [0.1, 0.15) is 17.1 Å². The van der Waals surface area contributed by atoms with Crippen molar-refractivity contribution in [3.63, 3.8) is 0 Å². The van der Waals surface area contributed by atoms with Crippen LogP contribution in [0.1, 0.15) is 11.3 Å². The summed E-state index contributed by atoms with van der Waals surface area (Å²) in [5.74, 6) is 0.823. The van der Waals surface area contributed by atoms with Gasteiger partial charge in [-0.15, -0.1) is 0 Å². The number of anilines is 2. The van der Waals surface area contributed by atoms with Gasteiger partial charge >= 0.3 is 5.69 Å². The topological polar surface area (TPSA) is 71.5 Å². The first-order chi connectivity index (χ1) is 9.54. The molecule has 2 rings (SSSR count). The lowest BCUT2D eigenvalue weighted by atomic mass is 10.2. The van der Waals surface area contributed by atoms with Crippen molar-refractivity contribution >= 4 is 17.1 Å². The van der Waals surface area contributed by atoms with Gasteiger partial charge in [0.05, 0.1) is 11.2 Å². The van der Waals surface area contributed by atoms with Crippen molar-refractivity contribution in [1.82, 2.24) is 0 Å². The highest BCUT2D eigenvalue weighted by molar-refractivity contribution is 5.76. The highest BCUT2D eigenvalue weighted by Crippen LogP contribution is 2.35. The quantitative estimate of drug-likeness (QED) is 0.670. The van der Waals surface area contributed by atoms with Crippen LogP contribution < -0.4 is 10.2 Å². The third-order valence-corrected chi connectivity index (χ3v) is 3.25. The monoisotopic (exact) mass is 275 g/mol. The molecule has 0 fully saturated rings. The highest BCUT2D eigenvalue weighted by atomic mass is 16.6. The fourth-order valence-corrected chi connectivity index (χ4v) is 2.15. The Balaban J connectivity index is 2.37. The molecule has 0 saturated carbocycles. The lowest BCUT2D eigenvalue weighted by Crippen LogP contribution is -2.18. The molecule has 0 aliphatic carbocycles. The largest absolute Gasteiger partial charge is 0.469 e. The molecule has 0 unspecified atom stereocenters. The fourth-order valence-electron chi connectivity index (χ4n) is 2.15. The number of nitrogens with one attached hydrogen (secondary N) is 1.